The van der Waals surface area contributed by atoms with E-state index in [2.05, 4.69) is 13.8 Å². The summed E-state index contributed by atoms with van der Waals surface area (Å²) in [6.45, 7) is 5.09. The average molecular weight is 248 g/mol. The smallest absolute Gasteiger partial charge is 0.191 e. The standard InChI is InChI=1S/C13H29O2P/c1-3-5-7-8-9-11-13-16(14)15-12-10-6-4-2/h16H,3-13H2,1-2H3. The molecule has 0 amide bonds. The van der Waals surface area contributed by atoms with Gasteiger partial charge in [0.2, 0.25) is 0 Å². The second-order valence-corrected chi connectivity index (χ2v) is 5.98. The first-order chi connectivity index (χ1) is 7.81. The van der Waals surface area contributed by atoms with Crippen molar-refractivity contribution in [2.45, 2.75) is 71.6 Å². The lowest BCUT2D eigenvalue weighted by Crippen LogP contribution is -1.89. The molecular formula is C13H29O2P. The van der Waals surface area contributed by atoms with Gasteiger partial charge in [0.15, 0.2) is 8.03 Å². The zero-order chi connectivity index (χ0) is 12.1. The van der Waals surface area contributed by atoms with Gasteiger partial charge in [0.05, 0.1) is 6.61 Å². The molecule has 0 fully saturated rings. The van der Waals surface area contributed by atoms with Crippen LogP contribution in [0.4, 0.5) is 0 Å². The Kier molecular flexibility index (Phi) is 13.4. The van der Waals surface area contributed by atoms with Gasteiger partial charge in [-0.3, -0.25) is 4.57 Å². The number of hydrogen-bond acceptors (Lipinski definition) is 2. The molecule has 1 unspecified atom stereocenters. The first-order valence-corrected chi connectivity index (χ1v) is 8.49. The van der Waals surface area contributed by atoms with Crippen LogP contribution in [0, 0.1) is 0 Å². The van der Waals surface area contributed by atoms with Crippen molar-refractivity contribution in [1.82, 2.24) is 0 Å². The molecule has 16 heavy (non-hydrogen) atoms. The van der Waals surface area contributed by atoms with Crippen molar-refractivity contribution in [3.05, 3.63) is 0 Å². The molecular weight excluding hydrogens is 219 g/mol. The molecule has 2 nitrogen and oxygen atoms in total. The van der Waals surface area contributed by atoms with E-state index in [1.807, 2.05) is 0 Å². The quantitative estimate of drug-likeness (QED) is 0.358. The van der Waals surface area contributed by atoms with Gasteiger partial charge in [0.1, 0.15) is 0 Å². The molecule has 98 valence electrons. The molecule has 0 bridgehead atoms. The molecule has 0 radical (unpaired) electrons. The van der Waals surface area contributed by atoms with E-state index in [1.165, 1.54) is 44.9 Å². The summed E-state index contributed by atoms with van der Waals surface area (Å²) in [5, 5.41) is 0. The molecule has 3 heteroatoms. The van der Waals surface area contributed by atoms with E-state index >= 15 is 0 Å². The van der Waals surface area contributed by atoms with E-state index in [0.29, 0.717) is 6.61 Å². The largest absolute Gasteiger partial charge is 0.330 e. The fraction of sp³-hybridized carbons (Fsp3) is 1.00. The fourth-order valence-electron chi connectivity index (χ4n) is 1.66. The van der Waals surface area contributed by atoms with Crippen LogP contribution in [0.3, 0.4) is 0 Å². The van der Waals surface area contributed by atoms with Gasteiger partial charge in [-0.1, -0.05) is 58.8 Å². The summed E-state index contributed by atoms with van der Waals surface area (Å²) in [5.74, 6) is 0. The van der Waals surface area contributed by atoms with Crippen LogP contribution in [0.2, 0.25) is 0 Å². The Hall–Kier alpha value is 0.190. The van der Waals surface area contributed by atoms with Gasteiger partial charge in [-0.05, 0) is 12.8 Å². The second kappa shape index (κ2) is 13.3. The van der Waals surface area contributed by atoms with Crippen molar-refractivity contribution in [2.24, 2.45) is 0 Å². The summed E-state index contributed by atoms with van der Waals surface area (Å²) in [4.78, 5) is 0. The van der Waals surface area contributed by atoms with E-state index in [4.69, 9.17) is 4.52 Å². The van der Waals surface area contributed by atoms with Gasteiger partial charge in [-0.15, -0.1) is 0 Å². The lowest BCUT2D eigenvalue weighted by Gasteiger charge is -2.04. The average Bonchev–Trinajstić information content (AvgIpc) is 2.29. The predicted molar refractivity (Wildman–Crippen MR) is 72.7 cm³/mol. The Bertz CT molecular complexity index is 160. The SMILES string of the molecule is CCCCCCCC[PH](=O)OCCCCC. The molecule has 0 spiro atoms. The summed E-state index contributed by atoms with van der Waals surface area (Å²) < 4.78 is 16.8. The van der Waals surface area contributed by atoms with E-state index in [1.54, 1.807) is 0 Å². The van der Waals surface area contributed by atoms with Gasteiger partial charge in [0, 0.05) is 6.16 Å². The molecule has 0 rings (SSSR count). The summed E-state index contributed by atoms with van der Waals surface area (Å²) in [6.07, 6.45) is 11.8. The molecule has 0 aliphatic heterocycles. The molecule has 0 aliphatic rings. The fourth-order valence-corrected chi connectivity index (χ4v) is 2.71. The number of hydrogen-bond donors (Lipinski definition) is 0. The van der Waals surface area contributed by atoms with Crippen LogP contribution in [0.5, 0.6) is 0 Å². The maximum Gasteiger partial charge on any atom is 0.191 e. The number of rotatable bonds is 12. The predicted octanol–water partition coefficient (Wildman–Crippen LogP) is 5.03. The highest BCUT2D eigenvalue weighted by molar-refractivity contribution is 7.39. The normalized spacial score (nSPS) is 12.9. The molecule has 0 aromatic heterocycles. The molecule has 0 aromatic rings. The Morgan fingerprint density at radius 3 is 2.06 bits per heavy atom. The van der Waals surface area contributed by atoms with E-state index in [-0.39, 0.29) is 0 Å². The third-order valence-corrected chi connectivity index (χ3v) is 4.03. The highest BCUT2D eigenvalue weighted by Gasteiger charge is 1.99. The van der Waals surface area contributed by atoms with Crippen molar-refractivity contribution < 1.29 is 9.09 Å². The molecule has 0 aromatic carbocycles. The van der Waals surface area contributed by atoms with Crippen molar-refractivity contribution in [3.63, 3.8) is 0 Å². The topological polar surface area (TPSA) is 26.3 Å². The maximum atomic E-state index is 11.5. The minimum absolute atomic E-state index is 0.696. The molecule has 0 heterocycles. The van der Waals surface area contributed by atoms with E-state index < -0.39 is 8.03 Å². The Morgan fingerprint density at radius 1 is 0.812 bits per heavy atom. The summed E-state index contributed by atoms with van der Waals surface area (Å²) in [6, 6.07) is 0. The minimum Gasteiger partial charge on any atom is -0.330 e. The highest BCUT2D eigenvalue weighted by Crippen LogP contribution is 2.24. The third kappa shape index (κ3) is 12.3. The van der Waals surface area contributed by atoms with Gasteiger partial charge >= 0.3 is 0 Å². The van der Waals surface area contributed by atoms with Crippen LogP contribution in [0.25, 0.3) is 0 Å². The second-order valence-electron chi connectivity index (χ2n) is 4.45. The van der Waals surface area contributed by atoms with Crippen LogP contribution >= 0.6 is 8.03 Å². The van der Waals surface area contributed by atoms with Crippen LogP contribution < -0.4 is 0 Å². The van der Waals surface area contributed by atoms with Gasteiger partial charge in [-0.25, -0.2) is 0 Å². The van der Waals surface area contributed by atoms with E-state index in [9.17, 15) is 4.57 Å². The molecule has 0 N–H and O–H groups in total. The molecule has 0 saturated carbocycles. The Balaban J connectivity index is 3.11. The molecule has 0 saturated heterocycles. The zero-order valence-electron chi connectivity index (χ0n) is 11.1. The lowest BCUT2D eigenvalue weighted by molar-refractivity contribution is 0.317. The highest BCUT2D eigenvalue weighted by atomic mass is 31.1. The van der Waals surface area contributed by atoms with E-state index in [0.717, 1.165) is 19.0 Å². The summed E-state index contributed by atoms with van der Waals surface area (Å²) in [7, 11) is -1.71. The number of unbranched alkanes of at least 4 members (excludes halogenated alkanes) is 7. The minimum atomic E-state index is -1.71. The van der Waals surface area contributed by atoms with Gasteiger partial charge in [-0.2, -0.15) is 0 Å². The Labute approximate surface area is 102 Å². The maximum absolute atomic E-state index is 11.5. The van der Waals surface area contributed by atoms with Crippen LogP contribution in [-0.2, 0) is 9.09 Å². The third-order valence-electron chi connectivity index (χ3n) is 2.75. The molecule has 1 atom stereocenters. The van der Waals surface area contributed by atoms with Crippen molar-refractivity contribution >= 4 is 8.03 Å². The Morgan fingerprint density at radius 2 is 1.38 bits per heavy atom. The van der Waals surface area contributed by atoms with Crippen LogP contribution in [-0.4, -0.2) is 12.8 Å². The first kappa shape index (κ1) is 16.2. The summed E-state index contributed by atoms with van der Waals surface area (Å²) >= 11 is 0. The van der Waals surface area contributed by atoms with Gasteiger partial charge in [0.25, 0.3) is 0 Å². The summed E-state index contributed by atoms with van der Waals surface area (Å²) in [5.41, 5.74) is 0. The van der Waals surface area contributed by atoms with Gasteiger partial charge < -0.3 is 4.52 Å². The van der Waals surface area contributed by atoms with Crippen molar-refractivity contribution in [1.29, 1.82) is 0 Å². The first-order valence-electron chi connectivity index (χ1n) is 6.96. The van der Waals surface area contributed by atoms with Crippen LogP contribution in [0.15, 0.2) is 0 Å². The molecule has 0 aliphatic carbocycles. The van der Waals surface area contributed by atoms with Crippen molar-refractivity contribution in [3.8, 4) is 0 Å². The monoisotopic (exact) mass is 248 g/mol. The lowest BCUT2D eigenvalue weighted by atomic mass is 10.1. The zero-order valence-corrected chi connectivity index (χ0v) is 12.1. The van der Waals surface area contributed by atoms with Crippen LogP contribution in [0.1, 0.15) is 71.6 Å². The van der Waals surface area contributed by atoms with Crippen molar-refractivity contribution in [2.75, 3.05) is 12.8 Å².